The number of aromatic nitrogens is 1. The van der Waals surface area contributed by atoms with E-state index >= 15 is 0 Å². The standard InChI is InChI=1S/C26H28Cl2F3N3/c27-17-7-6-16-13-22-20(21(16)14-17)10-12-34(24(22)15-32-18-3-1-4-18)11-2-5-19-8-9-23(28)25(33-19)26(29,30)31/h6-9,14,18,24,32H,1-5,10-13,15H2. The van der Waals surface area contributed by atoms with Crippen molar-refractivity contribution in [3.05, 3.63) is 68.5 Å². The van der Waals surface area contributed by atoms with Crippen LogP contribution in [0.5, 0.6) is 0 Å². The SMILES string of the molecule is FC(F)(F)c1nc(CCCN2CCC3=C(Cc4ccc(Cl)cc43)C2CNC2CCC2)ccc1Cl. The molecule has 2 aromatic rings. The molecule has 1 atom stereocenters. The van der Waals surface area contributed by atoms with Gasteiger partial charge in [-0.25, -0.2) is 4.98 Å². The van der Waals surface area contributed by atoms with Gasteiger partial charge in [-0.2, -0.15) is 13.2 Å². The Labute approximate surface area is 208 Å². The lowest BCUT2D eigenvalue weighted by Gasteiger charge is -2.39. The number of hydrogen-bond donors (Lipinski definition) is 1. The smallest absolute Gasteiger partial charge is 0.312 e. The number of benzene rings is 1. The minimum absolute atomic E-state index is 0.291. The van der Waals surface area contributed by atoms with Gasteiger partial charge in [-0.05, 0) is 91.6 Å². The molecule has 0 spiro atoms. The first-order chi connectivity index (χ1) is 16.3. The molecule has 8 heteroatoms. The summed E-state index contributed by atoms with van der Waals surface area (Å²) in [7, 11) is 0. The fraction of sp³-hybridized carbons (Fsp3) is 0.500. The summed E-state index contributed by atoms with van der Waals surface area (Å²) in [5.74, 6) is 0. The van der Waals surface area contributed by atoms with Gasteiger partial charge in [-0.3, -0.25) is 4.90 Å². The maximum atomic E-state index is 13.2. The minimum Gasteiger partial charge on any atom is -0.312 e. The Morgan fingerprint density at radius 3 is 2.68 bits per heavy atom. The number of nitrogens with one attached hydrogen (secondary N) is 1. The summed E-state index contributed by atoms with van der Waals surface area (Å²) in [5, 5.41) is 4.17. The van der Waals surface area contributed by atoms with Gasteiger partial charge in [-0.1, -0.05) is 35.7 Å². The van der Waals surface area contributed by atoms with Gasteiger partial charge in [-0.15, -0.1) is 0 Å². The second kappa shape index (κ2) is 9.81. The van der Waals surface area contributed by atoms with E-state index in [-0.39, 0.29) is 5.02 Å². The predicted molar refractivity (Wildman–Crippen MR) is 130 cm³/mol. The summed E-state index contributed by atoms with van der Waals surface area (Å²) in [6, 6.07) is 9.99. The van der Waals surface area contributed by atoms with E-state index in [0.717, 1.165) is 43.9 Å². The Bertz CT molecular complexity index is 1100. The molecule has 34 heavy (non-hydrogen) atoms. The van der Waals surface area contributed by atoms with Gasteiger partial charge < -0.3 is 5.32 Å². The summed E-state index contributed by atoms with van der Waals surface area (Å²) in [5.41, 5.74) is 4.98. The van der Waals surface area contributed by atoms with Crippen molar-refractivity contribution in [2.75, 3.05) is 19.6 Å². The van der Waals surface area contributed by atoms with Crippen LogP contribution < -0.4 is 5.32 Å². The molecule has 0 amide bonds. The first-order valence-corrected chi connectivity index (χ1v) is 12.8. The van der Waals surface area contributed by atoms with Crippen molar-refractivity contribution < 1.29 is 13.2 Å². The number of alkyl halides is 3. The average Bonchev–Trinajstić information content (AvgIpc) is 3.12. The molecule has 1 aromatic carbocycles. The van der Waals surface area contributed by atoms with Crippen molar-refractivity contribution in [1.82, 2.24) is 15.2 Å². The summed E-state index contributed by atoms with van der Waals surface area (Å²) in [6.45, 7) is 2.66. The molecule has 2 aliphatic carbocycles. The molecule has 1 aromatic heterocycles. The van der Waals surface area contributed by atoms with Gasteiger partial charge in [0.2, 0.25) is 0 Å². The number of halogens is 5. The Kier molecular flexibility index (Phi) is 6.95. The third-order valence-corrected chi connectivity index (χ3v) is 7.95. The molecule has 1 saturated carbocycles. The number of hydrogen-bond acceptors (Lipinski definition) is 3. The van der Waals surface area contributed by atoms with Crippen molar-refractivity contribution in [3.8, 4) is 0 Å². The molecule has 1 aliphatic heterocycles. The Morgan fingerprint density at radius 1 is 1.12 bits per heavy atom. The highest BCUT2D eigenvalue weighted by molar-refractivity contribution is 6.31. The zero-order valence-electron chi connectivity index (χ0n) is 18.9. The van der Waals surface area contributed by atoms with Crippen LogP contribution in [0.2, 0.25) is 10.0 Å². The lowest BCUT2D eigenvalue weighted by Crippen LogP contribution is -2.50. The third-order valence-electron chi connectivity index (χ3n) is 7.41. The highest BCUT2D eigenvalue weighted by Gasteiger charge is 2.36. The van der Waals surface area contributed by atoms with Crippen LogP contribution in [-0.4, -0.2) is 41.6 Å². The van der Waals surface area contributed by atoms with Crippen molar-refractivity contribution in [2.24, 2.45) is 0 Å². The number of rotatable bonds is 7. The maximum absolute atomic E-state index is 13.2. The van der Waals surface area contributed by atoms with Crippen LogP contribution in [0.1, 0.15) is 54.6 Å². The normalized spacial score (nSPS) is 20.9. The maximum Gasteiger partial charge on any atom is 0.434 e. The van der Waals surface area contributed by atoms with Gasteiger partial charge in [0, 0.05) is 35.9 Å². The molecule has 3 nitrogen and oxygen atoms in total. The van der Waals surface area contributed by atoms with E-state index in [0.29, 0.717) is 24.2 Å². The molecule has 1 unspecified atom stereocenters. The van der Waals surface area contributed by atoms with Crippen LogP contribution in [0, 0.1) is 0 Å². The van der Waals surface area contributed by atoms with Gasteiger partial charge >= 0.3 is 6.18 Å². The summed E-state index contributed by atoms with van der Waals surface area (Å²) >= 11 is 12.0. The van der Waals surface area contributed by atoms with Crippen LogP contribution in [-0.2, 0) is 19.0 Å². The van der Waals surface area contributed by atoms with Crippen LogP contribution in [0.15, 0.2) is 35.9 Å². The topological polar surface area (TPSA) is 28.2 Å². The molecule has 5 rings (SSSR count). The predicted octanol–water partition coefficient (Wildman–Crippen LogP) is 6.57. The van der Waals surface area contributed by atoms with Crippen molar-refractivity contribution in [3.63, 3.8) is 0 Å². The minimum atomic E-state index is -4.54. The molecule has 1 N–H and O–H groups in total. The van der Waals surface area contributed by atoms with Crippen molar-refractivity contribution >= 4 is 28.8 Å². The average molecular weight is 510 g/mol. The van der Waals surface area contributed by atoms with E-state index in [1.165, 1.54) is 47.6 Å². The van der Waals surface area contributed by atoms with E-state index in [4.69, 9.17) is 23.2 Å². The molecule has 0 bridgehead atoms. The van der Waals surface area contributed by atoms with Crippen LogP contribution in [0.3, 0.4) is 0 Å². The van der Waals surface area contributed by atoms with Gasteiger partial charge in [0.05, 0.1) is 5.02 Å². The Morgan fingerprint density at radius 2 is 1.94 bits per heavy atom. The summed E-state index contributed by atoms with van der Waals surface area (Å²) in [6.07, 6.45) is 2.37. The van der Waals surface area contributed by atoms with E-state index < -0.39 is 11.9 Å². The molecule has 182 valence electrons. The first kappa shape index (κ1) is 24.1. The van der Waals surface area contributed by atoms with E-state index in [1.807, 2.05) is 6.07 Å². The highest BCUT2D eigenvalue weighted by Crippen LogP contribution is 2.42. The van der Waals surface area contributed by atoms with E-state index in [1.54, 1.807) is 6.07 Å². The monoisotopic (exact) mass is 509 g/mol. The molecule has 2 heterocycles. The quantitative estimate of drug-likeness (QED) is 0.457. The van der Waals surface area contributed by atoms with Gasteiger partial charge in [0.1, 0.15) is 0 Å². The number of aryl methyl sites for hydroxylation is 1. The van der Waals surface area contributed by atoms with Crippen LogP contribution >= 0.6 is 23.2 Å². The second-order valence-electron chi connectivity index (χ2n) is 9.55. The number of nitrogens with zero attached hydrogens (tertiary/aromatic N) is 2. The summed E-state index contributed by atoms with van der Waals surface area (Å²) in [4.78, 5) is 6.30. The Balaban J connectivity index is 1.29. The first-order valence-electron chi connectivity index (χ1n) is 12.0. The molecule has 0 saturated heterocycles. The van der Waals surface area contributed by atoms with Crippen molar-refractivity contribution in [2.45, 2.75) is 63.2 Å². The second-order valence-corrected chi connectivity index (χ2v) is 10.4. The van der Waals surface area contributed by atoms with Gasteiger partial charge in [0.15, 0.2) is 5.69 Å². The van der Waals surface area contributed by atoms with Gasteiger partial charge in [0.25, 0.3) is 0 Å². The number of fused-ring (bicyclic) bond motifs is 2. The highest BCUT2D eigenvalue weighted by atomic mass is 35.5. The molecular weight excluding hydrogens is 482 g/mol. The fourth-order valence-electron chi connectivity index (χ4n) is 5.41. The van der Waals surface area contributed by atoms with E-state index in [2.05, 4.69) is 27.3 Å². The Hall–Kier alpha value is -1.60. The zero-order chi connectivity index (χ0) is 23.9. The van der Waals surface area contributed by atoms with Crippen molar-refractivity contribution in [1.29, 1.82) is 0 Å². The third kappa shape index (κ3) is 5.01. The summed E-state index contributed by atoms with van der Waals surface area (Å²) < 4.78 is 39.5. The molecule has 0 radical (unpaired) electrons. The number of pyridine rings is 1. The zero-order valence-corrected chi connectivity index (χ0v) is 20.4. The molecule has 3 aliphatic rings. The lowest BCUT2D eigenvalue weighted by molar-refractivity contribution is -0.141. The lowest BCUT2D eigenvalue weighted by atomic mass is 9.90. The largest absolute Gasteiger partial charge is 0.434 e. The molecular formula is C26H28Cl2F3N3. The molecule has 1 fully saturated rings. The van der Waals surface area contributed by atoms with E-state index in [9.17, 15) is 13.2 Å². The van der Waals surface area contributed by atoms with Crippen LogP contribution in [0.25, 0.3) is 5.57 Å². The fourth-order valence-corrected chi connectivity index (χ4v) is 5.79. The van der Waals surface area contributed by atoms with Crippen LogP contribution in [0.4, 0.5) is 13.2 Å².